The van der Waals surface area contributed by atoms with Crippen LogP contribution in [0.4, 0.5) is 5.69 Å². The number of pyridine rings is 1. The molecule has 0 saturated heterocycles. The minimum absolute atomic E-state index is 0.143. The first-order chi connectivity index (χ1) is 27.6. The first-order valence-corrected chi connectivity index (χ1v) is 21.1. The fourth-order valence-electron chi connectivity index (χ4n) is 10.3. The number of para-hydroxylation sites is 1. The Morgan fingerprint density at radius 2 is 1.89 bits per heavy atom. The van der Waals surface area contributed by atoms with Gasteiger partial charge in [0.2, 0.25) is 0 Å². The molecule has 1 spiro atoms. The van der Waals surface area contributed by atoms with E-state index >= 15 is 0 Å². The van der Waals surface area contributed by atoms with E-state index in [-0.39, 0.29) is 17.4 Å². The Balaban J connectivity index is 1.03. The standard InChI is InChI=1S/C47H56ClN3O6/c1-30(28-55-41-15-20-49-39-13-7-9-31(2)44(39)41)21-34-22-33-23-42-43(57-37(29-56-42)27-51(3)26-32-10-5-6-14-40(32)54-4)25-38(33)46(34)16-18-47(19-17-46,45(52)53)50-36-12-8-11-35(48)24-36/h5-6,8,10-12,14-15,20,23-25,30-31,34,37,50H,7,9,13,16-19,21-22,26-29H2,1-4H3,(H,52,53)/t30-,31-,34?,37?,46?,47?/m1/s1. The lowest BCUT2D eigenvalue weighted by atomic mass is 9.59. The normalized spacial score (nSPS) is 25.4. The number of hydrogen-bond donors (Lipinski definition) is 2. The van der Waals surface area contributed by atoms with Crippen LogP contribution in [-0.2, 0) is 29.6 Å². The highest BCUT2D eigenvalue weighted by molar-refractivity contribution is 6.30. The van der Waals surface area contributed by atoms with E-state index in [4.69, 9.17) is 30.5 Å². The van der Waals surface area contributed by atoms with Crippen molar-refractivity contribution in [2.45, 2.75) is 101 Å². The maximum absolute atomic E-state index is 13.1. The minimum atomic E-state index is -1.10. The zero-order valence-corrected chi connectivity index (χ0v) is 34.4. The summed E-state index contributed by atoms with van der Waals surface area (Å²) in [5.41, 5.74) is 5.56. The van der Waals surface area contributed by atoms with Crippen molar-refractivity contribution in [3.8, 4) is 23.0 Å². The molecule has 2 unspecified atom stereocenters. The summed E-state index contributed by atoms with van der Waals surface area (Å²) in [5, 5.41) is 14.8. The van der Waals surface area contributed by atoms with E-state index in [9.17, 15) is 9.90 Å². The van der Waals surface area contributed by atoms with Crippen LogP contribution >= 0.6 is 11.6 Å². The van der Waals surface area contributed by atoms with Gasteiger partial charge in [0.1, 0.15) is 29.7 Å². The molecule has 4 aliphatic rings. The van der Waals surface area contributed by atoms with Crippen molar-refractivity contribution in [3.05, 3.63) is 106 Å². The van der Waals surface area contributed by atoms with Gasteiger partial charge in [-0.3, -0.25) is 9.88 Å². The van der Waals surface area contributed by atoms with Crippen LogP contribution in [0.15, 0.2) is 72.9 Å². The van der Waals surface area contributed by atoms with Gasteiger partial charge in [0.05, 0.1) is 13.7 Å². The molecular formula is C47H56ClN3O6. The zero-order valence-electron chi connectivity index (χ0n) is 33.7. The number of halogens is 1. The maximum atomic E-state index is 13.1. The third-order valence-electron chi connectivity index (χ3n) is 13.2. The number of nitrogens with one attached hydrogen (secondary N) is 1. The molecule has 1 aromatic heterocycles. The van der Waals surface area contributed by atoms with Crippen LogP contribution in [0.3, 0.4) is 0 Å². The van der Waals surface area contributed by atoms with E-state index < -0.39 is 11.5 Å². The number of methoxy groups -OCH3 is 1. The number of anilines is 1. The van der Waals surface area contributed by atoms with Gasteiger partial charge in [-0.1, -0.05) is 49.7 Å². The van der Waals surface area contributed by atoms with Crippen LogP contribution in [0.25, 0.3) is 0 Å². The Bertz CT molecular complexity index is 2080. The van der Waals surface area contributed by atoms with Crippen LogP contribution < -0.4 is 24.3 Å². The van der Waals surface area contributed by atoms with E-state index in [1.165, 1.54) is 28.8 Å². The van der Waals surface area contributed by atoms with Crippen molar-refractivity contribution in [3.63, 3.8) is 0 Å². The molecular weight excluding hydrogens is 738 g/mol. The molecule has 57 heavy (non-hydrogen) atoms. The number of aryl methyl sites for hydroxylation is 1. The number of ether oxygens (including phenoxy) is 4. The molecule has 1 saturated carbocycles. The summed E-state index contributed by atoms with van der Waals surface area (Å²) in [5.74, 6) is 3.62. The number of carboxylic acids is 1. The average molecular weight is 794 g/mol. The Morgan fingerprint density at radius 3 is 2.68 bits per heavy atom. The maximum Gasteiger partial charge on any atom is 0.329 e. The minimum Gasteiger partial charge on any atom is -0.496 e. The van der Waals surface area contributed by atoms with E-state index in [1.807, 2.05) is 42.6 Å². The van der Waals surface area contributed by atoms with Crippen molar-refractivity contribution in [2.24, 2.45) is 11.8 Å². The van der Waals surface area contributed by atoms with Crippen molar-refractivity contribution < 1.29 is 28.8 Å². The van der Waals surface area contributed by atoms with Crippen molar-refractivity contribution in [1.82, 2.24) is 9.88 Å². The van der Waals surface area contributed by atoms with Crippen LogP contribution in [0.5, 0.6) is 23.0 Å². The highest BCUT2D eigenvalue weighted by Gasteiger charge is 2.54. The second kappa shape index (κ2) is 16.4. The smallest absolute Gasteiger partial charge is 0.329 e. The topological polar surface area (TPSA) is 102 Å². The summed E-state index contributed by atoms with van der Waals surface area (Å²) in [7, 11) is 3.80. The third-order valence-corrected chi connectivity index (χ3v) is 13.5. The second-order valence-electron chi connectivity index (χ2n) is 17.2. The molecule has 3 aromatic carbocycles. The van der Waals surface area contributed by atoms with Gasteiger partial charge in [0.25, 0.3) is 0 Å². The number of carboxylic acid groups (broad SMARTS) is 1. The summed E-state index contributed by atoms with van der Waals surface area (Å²) >= 11 is 6.33. The monoisotopic (exact) mass is 793 g/mol. The number of aliphatic carboxylic acids is 1. The van der Waals surface area contributed by atoms with Crippen LogP contribution in [0, 0.1) is 11.8 Å². The van der Waals surface area contributed by atoms with Gasteiger partial charge < -0.3 is 29.4 Å². The number of likely N-dealkylation sites (N-methyl/N-ethyl adjacent to an activating group) is 1. The lowest BCUT2D eigenvalue weighted by Crippen LogP contribution is -2.53. The molecule has 2 heterocycles. The van der Waals surface area contributed by atoms with E-state index in [0.29, 0.717) is 49.5 Å². The summed E-state index contributed by atoms with van der Waals surface area (Å²) in [6.07, 6.45) is 9.40. The molecule has 0 radical (unpaired) electrons. The summed E-state index contributed by atoms with van der Waals surface area (Å²) < 4.78 is 25.4. The van der Waals surface area contributed by atoms with Gasteiger partial charge in [-0.2, -0.15) is 0 Å². The molecule has 3 aliphatic carbocycles. The number of rotatable bonds is 13. The summed E-state index contributed by atoms with van der Waals surface area (Å²) in [4.78, 5) is 20.1. The molecule has 10 heteroatoms. The highest BCUT2D eigenvalue weighted by Crippen LogP contribution is 2.58. The zero-order chi connectivity index (χ0) is 39.7. The fraction of sp³-hybridized carbons (Fsp3) is 0.489. The highest BCUT2D eigenvalue weighted by atomic mass is 35.5. The predicted molar refractivity (Wildman–Crippen MR) is 223 cm³/mol. The van der Waals surface area contributed by atoms with Gasteiger partial charge in [-0.05, 0) is 142 Å². The van der Waals surface area contributed by atoms with Gasteiger partial charge in [0.15, 0.2) is 11.5 Å². The number of fused-ring (bicyclic) bond motifs is 4. The molecule has 2 N–H and O–H groups in total. The Labute approximate surface area is 342 Å². The molecule has 4 aromatic rings. The lowest BCUT2D eigenvalue weighted by Gasteiger charge is -2.47. The first-order valence-electron chi connectivity index (χ1n) is 20.7. The molecule has 0 amide bonds. The Morgan fingerprint density at radius 1 is 1.07 bits per heavy atom. The van der Waals surface area contributed by atoms with Gasteiger partial charge >= 0.3 is 5.97 Å². The molecule has 8 rings (SSSR count). The predicted octanol–water partition coefficient (Wildman–Crippen LogP) is 9.48. The SMILES string of the molecule is COc1ccccc1CN(C)CC1COc2cc3c(cc2O1)C1(CCC(Nc2cccc(Cl)c2)(C(=O)O)CC1)C(C[C@@H](C)COc1ccnc2c1[C@H](C)CCC2)C3. The molecule has 9 nitrogen and oxygen atoms in total. The lowest BCUT2D eigenvalue weighted by molar-refractivity contribution is -0.144. The summed E-state index contributed by atoms with van der Waals surface area (Å²) in [6.45, 7) is 7.09. The van der Waals surface area contributed by atoms with Gasteiger partial charge in [-0.25, -0.2) is 4.79 Å². The van der Waals surface area contributed by atoms with Crippen LogP contribution in [-0.4, -0.2) is 66.5 Å². The average Bonchev–Trinajstić information content (AvgIpc) is 3.47. The van der Waals surface area contributed by atoms with Crippen molar-refractivity contribution in [1.29, 1.82) is 0 Å². The quantitative estimate of drug-likeness (QED) is 0.137. The number of benzene rings is 3. The Hall–Kier alpha value is -4.47. The van der Waals surface area contributed by atoms with Crippen molar-refractivity contribution in [2.75, 3.05) is 39.2 Å². The van der Waals surface area contributed by atoms with E-state index in [0.717, 1.165) is 79.3 Å². The largest absolute Gasteiger partial charge is 0.496 e. The molecule has 1 fully saturated rings. The van der Waals surface area contributed by atoms with E-state index in [1.54, 1.807) is 19.2 Å². The molecule has 302 valence electrons. The third kappa shape index (κ3) is 8.02. The van der Waals surface area contributed by atoms with E-state index in [2.05, 4.69) is 54.3 Å². The van der Waals surface area contributed by atoms with Crippen molar-refractivity contribution >= 4 is 23.3 Å². The Kier molecular flexibility index (Phi) is 11.3. The summed E-state index contributed by atoms with van der Waals surface area (Å²) in [6, 6.07) is 21.9. The number of aromatic nitrogens is 1. The van der Waals surface area contributed by atoms with Crippen LogP contribution in [0.2, 0.25) is 5.02 Å². The second-order valence-corrected chi connectivity index (χ2v) is 17.6. The molecule has 1 aliphatic heterocycles. The first kappa shape index (κ1) is 39.4. The fourth-order valence-corrected chi connectivity index (χ4v) is 10.5. The molecule has 0 bridgehead atoms. The molecule has 4 atom stereocenters. The number of hydrogen-bond acceptors (Lipinski definition) is 8. The number of nitrogens with zero attached hydrogens (tertiary/aromatic N) is 2. The number of carbonyl (C=O) groups is 1. The van der Waals surface area contributed by atoms with Gasteiger partial charge in [0, 0.05) is 46.8 Å². The van der Waals surface area contributed by atoms with Crippen LogP contribution in [0.1, 0.15) is 92.7 Å². The van der Waals surface area contributed by atoms with Gasteiger partial charge in [-0.15, -0.1) is 0 Å².